The first-order valence-electron chi connectivity index (χ1n) is 6.57. The van der Waals surface area contributed by atoms with Gasteiger partial charge in [0.05, 0.1) is 17.8 Å². The number of nitrogens with one attached hydrogen (secondary N) is 1. The van der Waals surface area contributed by atoms with E-state index in [1.54, 1.807) is 18.4 Å². The van der Waals surface area contributed by atoms with Crippen LogP contribution >= 0.6 is 11.3 Å². The molecular formula is C15H18N2OS. The summed E-state index contributed by atoms with van der Waals surface area (Å²) in [6.07, 6.45) is 2.30. The molecule has 3 nitrogen and oxygen atoms in total. The molecule has 1 heterocycles. The van der Waals surface area contributed by atoms with Crippen LogP contribution in [0.1, 0.15) is 34.3 Å². The van der Waals surface area contributed by atoms with Crippen molar-refractivity contribution in [1.82, 2.24) is 10.3 Å². The summed E-state index contributed by atoms with van der Waals surface area (Å²) in [6, 6.07) is 6.81. The monoisotopic (exact) mass is 274 g/mol. The maximum absolute atomic E-state index is 5.32. The highest BCUT2D eigenvalue weighted by Gasteiger charge is 2.22. The van der Waals surface area contributed by atoms with E-state index in [0.29, 0.717) is 6.04 Å². The highest BCUT2D eigenvalue weighted by atomic mass is 32.1. The topological polar surface area (TPSA) is 34.1 Å². The lowest BCUT2D eigenvalue weighted by molar-refractivity contribution is 0.413. The molecule has 0 fully saturated rings. The largest absolute Gasteiger partial charge is 0.497 e. The van der Waals surface area contributed by atoms with Crippen molar-refractivity contribution in [3.8, 4) is 5.75 Å². The van der Waals surface area contributed by atoms with Gasteiger partial charge in [0, 0.05) is 18.0 Å². The number of aromatic nitrogens is 1. The number of hydrogen-bond acceptors (Lipinski definition) is 4. The minimum absolute atomic E-state index is 0.423. The highest BCUT2D eigenvalue weighted by molar-refractivity contribution is 7.09. The van der Waals surface area contributed by atoms with Crippen LogP contribution < -0.4 is 10.1 Å². The highest BCUT2D eigenvalue weighted by Crippen LogP contribution is 2.33. The zero-order chi connectivity index (χ0) is 13.2. The van der Waals surface area contributed by atoms with E-state index in [-0.39, 0.29) is 0 Å². The lowest BCUT2D eigenvalue weighted by atomic mass is 10.1. The second-order valence-corrected chi connectivity index (χ2v) is 5.96. The van der Waals surface area contributed by atoms with Crippen LogP contribution in [0.25, 0.3) is 0 Å². The second kappa shape index (κ2) is 5.31. The number of methoxy groups -OCH3 is 1. The van der Waals surface area contributed by atoms with Crippen LogP contribution in [0.15, 0.2) is 23.6 Å². The first-order valence-corrected chi connectivity index (χ1v) is 7.45. The Bertz CT molecular complexity index is 579. The van der Waals surface area contributed by atoms with Gasteiger partial charge in [-0.1, -0.05) is 6.07 Å². The van der Waals surface area contributed by atoms with Gasteiger partial charge < -0.3 is 10.1 Å². The Morgan fingerprint density at radius 1 is 1.47 bits per heavy atom. The van der Waals surface area contributed by atoms with Gasteiger partial charge >= 0.3 is 0 Å². The maximum atomic E-state index is 5.32. The van der Waals surface area contributed by atoms with Gasteiger partial charge in [-0.05, 0) is 43.0 Å². The SMILES string of the molecule is COc1ccc2c(c1)C(NCc1csc(C)n1)CC2. The molecule has 1 aliphatic carbocycles. The predicted molar refractivity (Wildman–Crippen MR) is 77.7 cm³/mol. The third kappa shape index (κ3) is 2.65. The molecule has 1 aromatic heterocycles. The van der Waals surface area contributed by atoms with Crippen molar-refractivity contribution in [1.29, 1.82) is 0 Å². The fourth-order valence-corrected chi connectivity index (χ4v) is 3.25. The number of thiazole rings is 1. The van der Waals surface area contributed by atoms with Gasteiger partial charge in [0.1, 0.15) is 5.75 Å². The lowest BCUT2D eigenvalue weighted by Crippen LogP contribution is -2.18. The van der Waals surface area contributed by atoms with Crippen molar-refractivity contribution in [2.24, 2.45) is 0 Å². The van der Waals surface area contributed by atoms with Gasteiger partial charge in [0.25, 0.3) is 0 Å². The number of fused-ring (bicyclic) bond motifs is 1. The first-order chi connectivity index (χ1) is 9.26. The molecular weight excluding hydrogens is 256 g/mol. The van der Waals surface area contributed by atoms with Crippen LogP contribution in [0, 0.1) is 6.92 Å². The van der Waals surface area contributed by atoms with Crippen LogP contribution in [0.5, 0.6) is 5.75 Å². The molecule has 1 unspecified atom stereocenters. The van der Waals surface area contributed by atoms with E-state index in [1.807, 2.05) is 13.0 Å². The number of hydrogen-bond donors (Lipinski definition) is 1. The Balaban J connectivity index is 1.71. The molecule has 0 radical (unpaired) electrons. The fraction of sp³-hybridized carbons (Fsp3) is 0.400. The van der Waals surface area contributed by atoms with Gasteiger partial charge in [-0.3, -0.25) is 0 Å². The van der Waals surface area contributed by atoms with E-state index in [0.717, 1.165) is 35.8 Å². The van der Waals surface area contributed by atoms with Crippen molar-refractivity contribution in [2.45, 2.75) is 32.4 Å². The molecule has 0 aliphatic heterocycles. The maximum Gasteiger partial charge on any atom is 0.119 e. The van der Waals surface area contributed by atoms with Gasteiger partial charge in [-0.15, -0.1) is 11.3 Å². The molecule has 0 spiro atoms. The second-order valence-electron chi connectivity index (χ2n) is 4.89. The molecule has 0 amide bonds. The summed E-state index contributed by atoms with van der Waals surface area (Å²) >= 11 is 1.71. The molecule has 100 valence electrons. The third-order valence-electron chi connectivity index (χ3n) is 3.63. The Labute approximate surface area is 117 Å². The smallest absolute Gasteiger partial charge is 0.119 e. The van der Waals surface area contributed by atoms with E-state index in [9.17, 15) is 0 Å². The number of nitrogens with zero attached hydrogens (tertiary/aromatic N) is 1. The van der Waals surface area contributed by atoms with Crippen molar-refractivity contribution in [3.63, 3.8) is 0 Å². The zero-order valence-electron chi connectivity index (χ0n) is 11.3. The van der Waals surface area contributed by atoms with E-state index in [2.05, 4.69) is 27.8 Å². The van der Waals surface area contributed by atoms with Crippen LogP contribution in [-0.2, 0) is 13.0 Å². The number of rotatable bonds is 4. The molecule has 0 bridgehead atoms. The first kappa shape index (κ1) is 12.6. The van der Waals surface area contributed by atoms with Gasteiger partial charge in [0.15, 0.2) is 0 Å². The molecule has 0 saturated carbocycles. The minimum Gasteiger partial charge on any atom is -0.497 e. The Morgan fingerprint density at radius 2 is 2.37 bits per heavy atom. The van der Waals surface area contributed by atoms with Crippen molar-refractivity contribution in [2.75, 3.05) is 7.11 Å². The quantitative estimate of drug-likeness (QED) is 0.929. The van der Waals surface area contributed by atoms with Gasteiger partial charge in [-0.25, -0.2) is 4.98 Å². The van der Waals surface area contributed by atoms with Crippen LogP contribution in [0.4, 0.5) is 0 Å². The summed E-state index contributed by atoms with van der Waals surface area (Å²) in [5, 5.41) is 6.87. The minimum atomic E-state index is 0.423. The van der Waals surface area contributed by atoms with Gasteiger partial charge in [-0.2, -0.15) is 0 Å². The molecule has 1 aliphatic rings. The molecule has 0 saturated heterocycles. The third-order valence-corrected chi connectivity index (χ3v) is 4.45. The van der Waals surface area contributed by atoms with Crippen LogP contribution in [-0.4, -0.2) is 12.1 Å². The number of ether oxygens (including phenoxy) is 1. The summed E-state index contributed by atoms with van der Waals surface area (Å²) in [5.41, 5.74) is 3.96. The molecule has 1 aromatic carbocycles. The van der Waals surface area contributed by atoms with Crippen molar-refractivity contribution in [3.05, 3.63) is 45.4 Å². The van der Waals surface area contributed by atoms with Crippen molar-refractivity contribution < 1.29 is 4.74 Å². The normalized spacial score (nSPS) is 17.5. The van der Waals surface area contributed by atoms with E-state index >= 15 is 0 Å². The molecule has 3 rings (SSSR count). The average molecular weight is 274 g/mol. The molecule has 2 aromatic rings. The van der Waals surface area contributed by atoms with E-state index in [1.165, 1.54) is 11.1 Å². The summed E-state index contributed by atoms with van der Waals surface area (Å²) in [4.78, 5) is 4.49. The molecule has 4 heteroatoms. The standard InChI is InChI=1S/C15H18N2OS/c1-10-17-12(9-19-10)8-16-15-6-4-11-3-5-13(18-2)7-14(11)15/h3,5,7,9,15-16H,4,6,8H2,1-2H3. The number of benzene rings is 1. The van der Waals surface area contributed by atoms with Crippen molar-refractivity contribution >= 4 is 11.3 Å². The van der Waals surface area contributed by atoms with E-state index in [4.69, 9.17) is 4.74 Å². The average Bonchev–Trinajstić information content (AvgIpc) is 3.02. The predicted octanol–water partition coefficient (Wildman–Crippen LogP) is 3.24. The fourth-order valence-electron chi connectivity index (χ4n) is 2.64. The number of aryl methyl sites for hydroxylation is 2. The lowest BCUT2D eigenvalue weighted by Gasteiger charge is -2.14. The van der Waals surface area contributed by atoms with Crippen LogP contribution in [0.2, 0.25) is 0 Å². The van der Waals surface area contributed by atoms with Gasteiger partial charge in [0.2, 0.25) is 0 Å². The van der Waals surface area contributed by atoms with E-state index < -0.39 is 0 Å². The Kier molecular flexibility index (Phi) is 3.53. The Morgan fingerprint density at radius 3 is 3.11 bits per heavy atom. The molecule has 1 atom stereocenters. The summed E-state index contributed by atoms with van der Waals surface area (Å²) in [5.74, 6) is 0.942. The molecule has 1 N–H and O–H groups in total. The summed E-state index contributed by atoms with van der Waals surface area (Å²) < 4.78 is 5.32. The zero-order valence-corrected chi connectivity index (χ0v) is 12.1. The summed E-state index contributed by atoms with van der Waals surface area (Å²) in [6.45, 7) is 2.88. The molecule has 19 heavy (non-hydrogen) atoms. The summed E-state index contributed by atoms with van der Waals surface area (Å²) in [7, 11) is 1.72. The Hall–Kier alpha value is -1.39. The van der Waals surface area contributed by atoms with Crippen LogP contribution in [0.3, 0.4) is 0 Å².